The number of nitrogens with one attached hydrogen (secondary N) is 1. The lowest BCUT2D eigenvalue weighted by Gasteiger charge is -2.44. The Labute approximate surface area is 229 Å². The molecule has 1 fully saturated rings. The van der Waals surface area contributed by atoms with Crippen LogP contribution in [0.25, 0.3) is 0 Å². The van der Waals surface area contributed by atoms with Crippen LogP contribution in [0.4, 0.5) is 16.5 Å². The average Bonchev–Trinajstić information content (AvgIpc) is 3.39. The first-order chi connectivity index (χ1) is 17.7. The van der Waals surface area contributed by atoms with Crippen LogP contribution in [0, 0.1) is 0 Å². The van der Waals surface area contributed by atoms with Gasteiger partial charge in [0.2, 0.25) is 5.91 Å². The minimum Gasteiger partial charge on any atom is -0.368 e. The Morgan fingerprint density at radius 2 is 1.97 bits per heavy atom. The lowest BCUT2D eigenvalue weighted by atomic mass is 9.99. The van der Waals surface area contributed by atoms with Crippen molar-refractivity contribution >= 4 is 55.4 Å². The third-order valence-corrected chi connectivity index (χ3v) is 9.51. The summed E-state index contributed by atoms with van der Waals surface area (Å²) in [4.78, 5) is 24.1. The van der Waals surface area contributed by atoms with E-state index in [1.807, 2.05) is 42.2 Å². The van der Waals surface area contributed by atoms with E-state index in [9.17, 15) is 13.2 Å². The highest BCUT2D eigenvalue weighted by Crippen LogP contribution is 2.32. The maximum Gasteiger partial charge on any atom is 0.263 e. The Kier molecular flexibility index (Phi) is 7.33. The second kappa shape index (κ2) is 10.5. The molecule has 37 heavy (non-hydrogen) atoms. The van der Waals surface area contributed by atoms with E-state index >= 15 is 0 Å². The van der Waals surface area contributed by atoms with E-state index in [0.717, 1.165) is 35.8 Å². The van der Waals surface area contributed by atoms with Gasteiger partial charge in [0.05, 0.1) is 4.90 Å². The molecule has 3 aromatic rings. The van der Waals surface area contributed by atoms with Gasteiger partial charge >= 0.3 is 0 Å². The number of thiazole rings is 1. The van der Waals surface area contributed by atoms with Gasteiger partial charge in [0.1, 0.15) is 6.04 Å². The van der Waals surface area contributed by atoms with E-state index in [-0.39, 0.29) is 25.7 Å². The number of sulfonamides is 1. The molecule has 2 aromatic carbocycles. The molecule has 0 aliphatic carbocycles. The van der Waals surface area contributed by atoms with Gasteiger partial charge in [0, 0.05) is 63.0 Å². The maximum absolute atomic E-state index is 13.6. The van der Waals surface area contributed by atoms with Crippen molar-refractivity contribution in [3.63, 3.8) is 0 Å². The zero-order valence-electron chi connectivity index (χ0n) is 20.8. The summed E-state index contributed by atoms with van der Waals surface area (Å²) in [5.41, 5.74) is 3.23. The summed E-state index contributed by atoms with van der Waals surface area (Å²) in [6.45, 7) is 6.87. The molecule has 2 aliphatic rings. The van der Waals surface area contributed by atoms with E-state index in [1.165, 1.54) is 16.9 Å². The van der Waals surface area contributed by atoms with Gasteiger partial charge < -0.3 is 14.7 Å². The van der Waals surface area contributed by atoms with E-state index in [2.05, 4.69) is 26.4 Å². The number of benzene rings is 2. The number of hydrogen-bond acceptors (Lipinski definition) is 7. The first-order valence-electron chi connectivity index (χ1n) is 12.4. The third-order valence-electron chi connectivity index (χ3n) is 7.10. The first-order valence-corrected chi connectivity index (χ1v) is 15.1. The highest BCUT2D eigenvalue weighted by Gasteiger charge is 2.34. The molecule has 1 amide bonds. The second-order valence-electron chi connectivity index (χ2n) is 9.51. The van der Waals surface area contributed by atoms with Crippen molar-refractivity contribution < 1.29 is 16.1 Å². The fourth-order valence-electron chi connectivity index (χ4n) is 5.17. The zero-order chi connectivity index (χ0) is 26.2. The largest absolute Gasteiger partial charge is 0.368 e. The van der Waals surface area contributed by atoms with Crippen LogP contribution >= 0.6 is 22.9 Å². The van der Waals surface area contributed by atoms with Gasteiger partial charge in [-0.25, -0.2) is 13.4 Å². The van der Waals surface area contributed by atoms with Crippen molar-refractivity contribution in [1.82, 2.24) is 9.88 Å². The van der Waals surface area contributed by atoms with Gasteiger partial charge in [0.15, 0.2) is 5.13 Å². The number of amides is 1. The Hall–Kier alpha value is -2.82. The molecule has 2 aliphatic heterocycles. The summed E-state index contributed by atoms with van der Waals surface area (Å²) in [5.74, 6) is 0.129. The number of fused-ring (bicyclic) bond motifs is 1. The molecule has 8 nitrogen and oxygen atoms in total. The van der Waals surface area contributed by atoms with Gasteiger partial charge in [-0.1, -0.05) is 11.6 Å². The fourth-order valence-corrected chi connectivity index (χ4v) is 7.16. The highest BCUT2D eigenvalue weighted by molar-refractivity contribution is 7.93. The van der Waals surface area contributed by atoms with Crippen molar-refractivity contribution in [3.05, 3.63) is 64.6 Å². The minimum atomic E-state index is -3.69. The molecule has 11 heteroatoms. The van der Waals surface area contributed by atoms with Gasteiger partial charge in [-0.3, -0.25) is 9.52 Å². The monoisotopic (exact) mass is 563 g/mol. The third kappa shape index (κ3) is 5.42. The van der Waals surface area contributed by atoms with Gasteiger partial charge in [-0.15, -0.1) is 11.3 Å². The quantitative estimate of drug-likeness (QED) is 0.456. The smallest absolute Gasteiger partial charge is 0.263 e. The van der Waals surface area contributed by atoms with Crippen LogP contribution in [0.1, 0.15) is 28.7 Å². The number of aromatic nitrogens is 1. The average molecular weight is 564 g/mol. The van der Waals surface area contributed by atoms with Crippen molar-refractivity contribution in [2.45, 2.75) is 43.7 Å². The standard InChI is InChI=1S/C26H30ClN5O3S2.2H2/c1-18-17-30(22-6-8-23(9-7-22)37(34,35)29-26-28-11-15-36-26)13-14-31(18)25(33)19(2)32-12-3-4-20-16-21(27)5-10-24(20)32;;/h5-11,15-16,18-19H,3-4,12-14,17H2,1-2H3,(H,28,29);2*1H/t18?,19-;;/m1../s1. The molecule has 0 spiro atoms. The van der Waals surface area contributed by atoms with Crippen molar-refractivity contribution in [2.75, 3.05) is 40.7 Å². The fraction of sp³-hybridized carbons (Fsp3) is 0.385. The molecule has 2 atom stereocenters. The summed E-state index contributed by atoms with van der Waals surface area (Å²) in [5, 5.41) is 2.78. The van der Waals surface area contributed by atoms with E-state index < -0.39 is 10.0 Å². The molecular weight excluding hydrogens is 530 g/mol. The van der Waals surface area contributed by atoms with Gasteiger partial charge in [0.25, 0.3) is 10.0 Å². The lowest BCUT2D eigenvalue weighted by molar-refractivity contribution is -0.134. The van der Waals surface area contributed by atoms with Crippen LogP contribution in [-0.4, -0.2) is 62.5 Å². The summed E-state index contributed by atoms with van der Waals surface area (Å²) in [7, 11) is -3.69. The summed E-state index contributed by atoms with van der Waals surface area (Å²) < 4.78 is 27.8. The molecule has 5 rings (SSSR count). The molecule has 0 bridgehead atoms. The topological polar surface area (TPSA) is 85.9 Å². The maximum atomic E-state index is 13.6. The second-order valence-corrected chi connectivity index (χ2v) is 12.5. The number of rotatable bonds is 6. The zero-order valence-corrected chi connectivity index (χ0v) is 23.2. The Balaban J connectivity index is 0.00000210. The summed E-state index contributed by atoms with van der Waals surface area (Å²) >= 11 is 7.43. The van der Waals surface area contributed by atoms with E-state index in [4.69, 9.17) is 11.6 Å². The number of halogens is 1. The van der Waals surface area contributed by atoms with Crippen LogP contribution in [0.5, 0.6) is 0 Å². The highest BCUT2D eigenvalue weighted by atomic mass is 35.5. The Bertz CT molecular complexity index is 1380. The van der Waals surface area contributed by atoms with E-state index in [1.54, 1.807) is 23.7 Å². The molecule has 200 valence electrons. The number of nitrogens with zero attached hydrogens (tertiary/aromatic N) is 4. The van der Waals surface area contributed by atoms with Crippen LogP contribution in [0.3, 0.4) is 0 Å². The summed E-state index contributed by atoms with van der Waals surface area (Å²) in [6.07, 6.45) is 3.53. The number of carbonyl (C=O) groups is 1. The molecule has 1 aromatic heterocycles. The van der Waals surface area contributed by atoms with Crippen molar-refractivity contribution in [2.24, 2.45) is 0 Å². The number of piperazine rings is 1. The number of carbonyl (C=O) groups excluding carboxylic acids is 1. The van der Waals surface area contributed by atoms with Crippen LogP contribution < -0.4 is 14.5 Å². The predicted molar refractivity (Wildman–Crippen MR) is 154 cm³/mol. The predicted octanol–water partition coefficient (Wildman–Crippen LogP) is 4.97. The lowest BCUT2D eigenvalue weighted by Crippen LogP contribution is -2.58. The molecule has 1 N–H and O–H groups in total. The van der Waals surface area contributed by atoms with E-state index in [0.29, 0.717) is 24.8 Å². The van der Waals surface area contributed by atoms with Crippen molar-refractivity contribution in [3.8, 4) is 0 Å². The number of anilines is 3. The van der Waals surface area contributed by atoms with Crippen LogP contribution in [0.15, 0.2) is 58.9 Å². The normalized spacial score (nSPS) is 18.9. The van der Waals surface area contributed by atoms with Gasteiger partial charge in [-0.05, 0) is 74.7 Å². The Morgan fingerprint density at radius 3 is 2.68 bits per heavy atom. The minimum absolute atomic E-state index is 0. The van der Waals surface area contributed by atoms with Crippen LogP contribution in [-0.2, 0) is 21.2 Å². The molecule has 1 unspecified atom stereocenters. The molecule has 3 heterocycles. The SMILES string of the molecule is CC1CN(c2ccc(S(=O)(=O)Nc3nccs3)cc2)CCN1C(=O)[C@@H](C)N1CCCc2cc(Cl)ccc21.[HH].[HH]. The molecule has 0 saturated carbocycles. The Morgan fingerprint density at radius 1 is 1.19 bits per heavy atom. The number of hydrogen-bond donors (Lipinski definition) is 1. The summed E-state index contributed by atoms with van der Waals surface area (Å²) in [6, 6.07) is 12.5. The first kappa shape index (κ1) is 25.8. The molecular formula is C26H34ClN5O3S2. The number of aryl methyl sites for hydroxylation is 1. The van der Waals surface area contributed by atoms with Crippen LogP contribution in [0.2, 0.25) is 5.02 Å². The van der Waals surface area contributed by atoms with Gasteiger partial charge in [-0.2, -0.15) is 0 Å². The van der Waals surface area contributed by atoms with Crippen molar-refractivity contribution in [1.29, 1.82) is 0 Å². The molecule has 0 radical (unpaired) electrons. The molecule has 1 saturated heterocycles.